The van der Waals surface area contributed by atoms with Gasteiger partial charge in [-0.3, -0.25) is 4.90 Å². The Morgan fingerprint density at radius 3 is 2.70 bits per heavy atom. The topological polar surface area (TPSA) is 15.3 Å². The van der Waals surface area contributed by atoms with Crippen LogP contribution in [0.1, 0.15) is 72.6 Å². The van der Waals surface area contributed by atoms with Gasteiger partial charge in [0.1, 0.15) is 0 Å². The first-order valence-electron chi connectivity index (χ1n) is 10.3. The Morgan fingerprint density at radius 1 is 1.17 bits per heavy atom. The van der Waals surface area contributed by atoms with Crippen molar-refractivity contribution < 1.29 is 0 Å². The lowest BCUT2D eigenvalue weighted by Gasteiger charge is -2.42. The standard InChI is InChI=1S/C21H40N2/c1-5-14-22-18(4)23(15-13-17(2)3)16-20-11-8-10-19-9-6-7-12-21(19)20/h8,10,17-22H,5-7,9,11-16H2,1-4H3. The van der Waals surface area contributed by atoms with Crippen LogP contribution in [0.5, 0.6) is 0 Å². The van der Waals surface area contributed by atoms with Crippen LogP contribution in [0, 0.1) is 23.7 Å². The molecule has 4 atom stereocenters. The molecule has 0 aromatic rings. The molecule has 0 heterocycles. The fourth-order valence-electron chi connectivity index (χ4n) is 4.48. The van der Waals surface area contributed by atoms with Crippen molar-refractivity contribution in [1.29, 1.82) is 0 Å². The molecule has 1 N–H and O–H groups in total. The summed E-state index contributed by atoms with van der Waals surface area (Å²) in [6, 6.07) is 0. The second-order valence-electron chi connectivity index (χ2n) is 8.34. The normalized spacial score (nSPS) is 29.0. The minimum Gasteiger partial charge on any atom is -0.302 e. The number of fused-ring (bicyclic) bond motifs is 1. The smallest absolute Gasteiger partial charge is 0.0568 e. The highest BCUT2D eigenvalue weighted by Gasteiger charge is 2.33. The molecule has 4 unspecified atom stereocenters. The molecule has 0 aromatic heterocycles. The van der Waals surface area contributed by atoms with Gasteiger partial charge in [-0.2, -0.15) is 0 Å². The zero-order valence-electron chi connectivity index (χ0n) is 16.1. The van der Waals surface area contributed by atoms with E-state index in [1.807, 2.05) is 0 Å². The van der Waals surface area contributed by atoms with E-state index in [9.17, 15) is 0 Å². The van der Waals surface area contributed by atoms with E-state index in [0.717, 1.165) is 30.2 Å². The Morgan fingerprint density at radius 2 is 1.96 bits per heavy atom. The van der Waals surface area contributed by atoms with Crippen molar-refractivity contribution in [3.8, 4) is 0 Å². The lowest BCUT2D eigenvalue weighted by molar-refractivity contribution is 0.0921. The van der Waals surface area contributed by atoms with E-state index in [0.29, 0.717) is 6.17 Å². The summed E-state index contributed by atoms with van der Waals surface area (Å²) in [5.74, 6) is 3.51. The van der Waals surface area contributed by atoms with Gasteiger partial charge >= 0.3 is 0 Å². The molecule has 0 spiro atoms. The van der Waals surface area contributed by atoms with Gasteiger partial charge in [0.2, 0.25) is 0 Å². The SMILES string of the molecule is CCCNC(C)N(CCC(C)C)CC1CC=CC2CCCCC21. The maximum Gasteiger partial charge on any atom is 0.0568 e. The Balaban J connectivity index is 1.95. The summed E-state index contributed by atoms with van der Waals surface area (Å²) in [7, 11) is 0. The number of nitrogens with one attached hydrogen (secondary N) is 1. The highest BCUT2D eigenvalue weighted by Crippen LogP contribution is 2.41. The van der Waals surface area contributed by atoms with Crippen LogP contribution in [0.4, 0.5) is 0 Å². The van der Waals surface area contributed by atoms with Crippen molar-refractivity contribution in [2.45, 2.75) is 78.8 Å². The second kappa shape index (κ2) is 9.84. The van der Waals surface area contributed by atoms with Gasteiger partial charge in [-0.15, -0.1) is 0 Å². The van der Waals surface area contributed by atoms with E-state index >= 15 is 0 Å². The fourth-order valence-corrected chi connectivity index (χ4v) is 4.48. The summed E-state index contributed by atoms with van der Waals surface area (Å²) in [6.45, 7) is 13.0. The van der Waals surface area contributed by atoms with Gasteiger partial charge in [0.05, 0.1) is 6.17 Å². The van der Waals surface area contributed by atoms with Crippen molar-refractivity contribution in [3.05, 3.63) is 12.2 Å². The van der Waals surface area contributed by atoms with Gasteiger partial charge in [-0.05, 0) is 75.8 Å². The third-order valence-electron chi connectivity index (χ3n) is 6.00. The molecule has 2 aliphatic carbocycles. The molecule has 0 amide bonds. The molecule has 23 heavy (non-hydrogen) atoms. The van der Waals surface area contributed by atoms with E-state index in [1.54, 1.807) is 0 Å². The van der Waals surface area contributed by atoms with Gasteiger partial charge in [0.15, 0.2) is 0 Å². The van der Waals surface area contributed by atoms with Gasteiger partial charge < -0.3 is 5.32 Å². The fraction of sp³-hybridized carbons (Fsp3) is 0.905. The highest BCUT2D eigenvalue weighted by atomic mass is 15.3. The first kappa shape index (κ1) is 19.0. The van der Waals surface area contributed by atoms with Gasteiger partial charge in [-0.1, -0.05) is 45.8 Å². The largest absolute Gasteiger partial charge is 0.302 e. The molecule has 0 radical (unpaired) electrons. The van der Waals surface area contributed by atoms with Crippen molar-refractivity contribution >= 4 is 0 Å². The maximum atomic E-state index is 3.73. The predicted octanol–water partition coefficient (Wildman–Crippen LogP) is 5.06. The van der Waals surface area contributed by atoms with Gasteiger partial charge in [0.25, 0.3) is 0 Å². The lowest BCUT2D eigenvalue weighted by atomic mass is 9.68. The first-order valence-corrected chi connectivity index (χ1v) is 10.3. The molecule has 2 heteroatoms. The van der Waals surface area contributed by atoms with E-state index in [2.05, 4.69) is 50.1 Å². The molecule has 0 aromatic carbocycles. The van der Waals surface area contributed by atoms with Crippen LogP contribution >= 0.6 is 0 Å². The molecule has 1 fully saturated rings. The van der Waals surface area contributed by atoms with Gasteiger partial charge in [0, 0.05) is 6.54 Å². The zero-order valence-corrected chi connectivity index (χ0v) is 16.1. The number of allylic oxidation sites excluding steroid dienone is 2. The molecule has 1 saturated carbocycles. The lowest BCUT2D eigenvalue weighted by Crippen LogP contribution is -2.48. The second-order valence-corrected chi connectivity index (χ2v) is 8.34. The number of hydrogen-bond acceptors (Lipinski definition) is 2. The van der Waals surface area contributed by atoms with Crippen LogP contribution < -0.4 is 5.32 Å². The Kier molecular flexibility index (Phi) is 8.12. The summed E-state index contributed by atoms with van der Waals surface area (Å²) >= 11 is 0. The molecule has 2 rings (SSSR count). The van der Waals surface area contributed by atoms with Crippen LogP contribution in [0.25, 0.3) is 0 Å². The molecule has 0 aliphatic heterocycles. The van der Waals surface area contributed by atoms with Crippen molar-refractivity contribution in [2.75, 3.05) is 19.6 Å². The van der Waals surface area contributed by atoms with E-state index < -0.39 is 0 Å². The number of hydrogen-bond donors (Lipinski definition) is 1. The van der Waals surface area contributed by atoms with E-state index in [1.165, 1.54) is 58.0 Å². The molecular weight excluding hydrogens is 280 g/mol. The Bertz CT molecular complexity index is 350. The molecular formula is C21H40N2. The number of rotatable bonds is 9. The Labute approximate surface area is 145 Å². The molecule has 0 bridgehead atoms. The third-order valence-corrected chi connectivity index (χ3v) is 6.00. The maximum absolute atomic E-state index is 3.73. The van der Waals surface area contributed by atoms with Crippen molar-refractivity contribution in [3.63, 3.8) is 0 Å². The summed E-state index contributed by atoms with van der Waals surface area (Å²) < 4.78 is 0. The predicted molar refractivity (Wildman–Crippen MR) is 101 cm³/mol. The van der Waals surface area contributed by atoms with Crippen molar-refractivity contribution in [1.82, 2.24) is 10.2 Å². The van der Waals surface area contributed by atoms with Gasteiger partial charge in [-0.25, -0.2) is 0 Å². The Hall–Kier alpha value is -0.340. The minimum absolute atomic E-state index is 0.515. The monoisotopic (exact) mass is 320 g/mol. The summed E-state index contributed by atoms with van der Waals surface area (Å²) in [6.07, 6.45) is 15.2. The van der Waals surface area contributed by atoms with Crippen LogP contribution in [-0.2, 0) is 0 Å². The molecule has 2 nitrogen and oxygen atoms in total. The molecule has 0 saturated heterocycles. The van der Waals surface area contributed by atoms with Crippen molar-refractivity contribution in [2.24, 2.45) is 23.7 Å². The minimum atomic E-state index is 0.515. The zero-order chi connectivity index (χ0) is 16.7. The van der Waals surface area contributed by atoms with E-state index in [4.69, 9.17) is 0 Å². The quantitative estimate of drug-likeness (QED) is 0.472. The molecule has 2 aliphatic rings. The first-order chi connectivity index (χ1) is 11.1. The number of nitrogens with zero attached hydrogens (tertiary/aromatic N) is 1. The molecule has 134 valence electrons. The summed E-state index contributed by atoms with van der Waals surface area (Å²) in [5.41, 5.74) is 0. The highest BCUT2D eigenvalue weighted by molar-refractivity contribution is 5.02. The summed E-state index contributed by atoms with van der Waals surface area (Å²) in [5, 5.41) is 3.73. The summed E-state index contributed by atoms with van der Waals surface area (Å²) in [4.78, 5) is 2.74. The van der Waals surface area contributed by atoms with Crippen LogP contribution in [-0.4, -0.2) is 30.7 Å². The van der Waals surface area contributed by atoms with Crippen LogP contribution in [0.15, 0.2) is 12.2 Å². The van der Waals surface area contributed by atoms with Crippen LogP contribution in [0.2, 0.25) is 0 Å². The van der Waals surface area contributed by atoms with Crippen LogP contribution in [0.3, 0.4) is 0 Å². The average molecular weight is 321 g/mol. The average Bonchev–Trinajstić information content (AvgIpc) is 2.56. The van der Waals surface area contributed by atoms with E-state index in [-0.39, 0.29) is 0 Å². The third kappa shape index (κ3) is 5.90.